The van der Waals surface area contributed by atoms with E-state index in [9.17, 15) is 4.79 Å². The van der Waals surface area contributed by atoms with E-state index in [0.717, 1.165) is 5.65 Å². The van der Waals surface area contributed by atoms with Crippen LogP contribution in [0, 0.1) is 0 Å². The second kappa shape index (κ2) is 4.95. The molecule has 3 rings (SSSR count). The fourth-order valence-electron chi connectivity index (χ4n) is 1.58. The number of carbonyl (C=O) groups excluding carboxylic acids is 1. The molecule has 0 fully saturated rings. The van der Waals surface area contributed by atoms with E-state index in [0.29, 0.717) is 15.4 Å². The Morgan fingerprint density at radius 1 is 1.21 bits per heavy atom. The third-order valence-corrected chi connectivity index (χ3v) is 3.59. The monoisotopic (exact) mass is 289 g/mol. The summed E-state index contributed by atoms with van der Waals surface area (Å²) in [4.78, 5) is 20.7. The summed E-state index contributed by atoms with van der Waals surface area (Å²) in [6, 6.07) is 12.3. The molecule has 3 aromatic rings. The molecule has 0 N–H and O–H groups in total. The zero-order chi connectivity index (χ0) is 13.2. The molecule has 94 valence electrons. The van der Waals surface area contributed by atoms with E-state index < -0.39 is 0 Å². The van der Waals surface area contributed by atoms with Crippen LogP contribution in [0.1, 0.15) is 10.4 Å². The van der Waals surface area contributed by atoms with Gasteiger partial charge in [-0.2, -0.15) is 9.98 Å². The van der Waals surface area contributed by atoms with Gasteiger partial charge < -0.3 is 0 Å². The average Bonchev–Trinajstić information content (AvgIpc) is 2.81. The van der Waals surface area contributed by atoms with Crippen molar-refractivity contribution in [3.8, 4) is 0 Å². The van der Waals surface area contributed by atoms with E-state index in [2.05, 4.69) is 9.98 Å². The summed E-state index contributed by atoms with van der Waals surface area (Å²) in [7, 11) is 0. The van der Waals surface area contributed by atoms with Crippen molar-refractivity contribution in [2.24, 2.45) is 4.99 Å². The normalized spacial score (nSPS) is 11.9. The zero-order valence-electron chi connectivity index (χ0n) is 9.65. The first-order chi connectivity index (χ1) is 9.22. The first-order valence-corrected chi connectivity index (χ1v) is 6.67. The van der Waals surface area contributed by atoms with Gasteiger partial charge in [0.1, 0.15) is 5.65 Å². The van der Waals surface area contributed by atoms with Gasteiger partial charge in [0.2, 0.25) is 4.80 Å². The van der Waals surface area contributed by atoms with E-state index >= 15 is 0 Å². The smallest absolute Gasteiger partial charge is 0.267 e. The molecule has 0 bridgehead atoms. The van der Waals surface area contributed by atoms with E-state index in [1.165, 1.54) is 11.5 Å². The number of hydrogen-bond donors (Lipinski definition) is 0. The van der Waals surface area contributed by atoms with E-state index in [-0.39, 0.29) is 5.91 Å². The summed E-state index contributed by atoms with van der Waals surface area (Å²) in [5.74, 6) is -0.323. The Labute approximate surface area is 117 Å². The van der Waals surface area contributed by atoms with Crippen LogP contribution < -0.4 is 4.80 Å². The molecule has 0 saturated heterocycles. The van der Waals surface area contributed by atoms with Crippen LogP contribution in [0.25, 0.3) is 5.65 Å². The number of hydrogen-bond acceptors (Lipinski definition) is 3. The van der Waals surface area contributed by atoms with Crippen molar-refractivity contribution in [3.05, 3.63) is 64.0 Å². The Kier molecular flexibility index (Phi) is 3.15. The Hall–Kier alpha value is -1.98. The van der Waals surface area contributed by atoms with Crippen molar-refractivity contribution in [2.45, 2.75) is 0 Å². The predicted molar refractivity (Wildman–Crippen MR) is 74.4 cm³/mol. The van der Waals surface area contributed by atoms with Gasteiger partial charge in [-0.05, 0) is 47.9 Å². The fraction of sp³-hybridized carbons (Fsp3) is 0. The molecule has 0 aliphatic carbocycles. The molecule has 0 aliphatic rings. The molecular formula is C13H8ClN3OS. The summed E-state index contributed by atoms with van der Waals surface area (Å²) in [5, 5.41) is 0.590. The Morgan fingerprint density at radius 3 is 2.74 bits per heavy atom. The van der Waals surface area contributed by atoms with Crippen LogP contribution >= 0.6 is 23.1 Å². The molecule has 0 radical (unpaired) electrons. The number of carbonyl (C=O) groups is 1. The number of benzene rings is 1. The minimum absolute atomic E-state index is 0.323. The van der Waals surface area contributed by atoms with Crippen LogP contribution in [0.15, 0.2) is 53.7 Å². The van der Waals surface area contributed by atoms with Gasteiger partial charge in [0.15, 0.2) is 0 Å². The van der Waals surface area contributed by atoms with Crippen LogP contribution in [0.3, 0.4) is 0 Å². The van der Waals surface area contributed by atoms with Crippen molar-refractivity contribution in [1.29, 1.82) is 0 Å². The standard InChI is InChI=1S/C13H8ClN3OS/c14-10-6-4-9(5-7-10)12(18)16-13-15-11-3-1-2-8-17(11)19-13/h1-8H. The van der Waals surface area contributed by atoms with Crippen molar-refractivity contribution in [2.75, 3.05) is 0 Å². The van der Waals surface area contributed by atoms with Crippen LogP contribution in [-0.2, 0) is 0 Å². The molecular weight excluding hydrogens is 282 g/mol. The van der Waals surface area contributed by atoms with Gasteiger partial charge in [-0.25, -0.2) is 0 Å². The topological polar surface area (TPSA) is 46.7 Å². The van der Waals surface area contributed by atoms with Gasteiger partial charge in [0.05, 0.1) is 0 Å². The third kappa shape index (κ3) is 2.57. The van der Waals surface area contributed by atoms with Gasteiger partial charge in [-0.15, -0.1) is 0 Å². The molecule has 0 aliphatic heterocycles. The molecule has 1 amide bonds. The molecule has 4 nitrogen and oxygen atoms in total. The van der Waals surface area contributed by atoms with Gasteiger partial charge >= 0.3 is 0 Å². The maximum Gasteiger partial charge on any atom is 0.279 e. The quantitative estimate of drug-likeness (QED) is 0.691. The number of halogens is 1. The van der Waals surface area contributed by atoms with Crippen LogP contribution in [0.2, 0.25) is 5.02 Å². The molecule has 19 heavy (non-hydrogen) atoms. The molecule has 2 aromatic heterocycles. The summed E-state index contributed by atoms with van der Waals surface area (Å²) < 4.78 is 1.86. The van der Waals surface area contributed by atoms with Gasteiger partial charge in [0.25, 0.3) is 5.91 Å². The Balaban J connectivity index is 2.00. The summed E-state index contributed by atoms with van der Waals surface area (Å²) in [5.41, 5.74) is 1.27. The first kappa shape index (κ1) is 12.1. The molecule has 0 spiro atoms. The van der Waals surface area contributed by atoms with Crippen LogP contribution in [-0.4, -0.2) is 14.7 Å². The second-order valence-corrected chi connectivity index (χ2v) is 5.17. The summed E-state index contributed by atoms with van der Waals surface area (Å²) >= 11 is 7.09. The number of fused-ring (bicyclic) bond motifs is 1. The molecule has 6 heteroatoms. The predicted octanol–water partition coefficient (Wildman–Crippen LogP) is 2.79. The summed E-state index contributed by atoms with van der Waals surface area (Å²) in [6.45, 7) is 0. The lowest BCUT2D eigenvalue weighted by atomic mass is 10.2. The molecule has 0 atom stereocenters. The highest BCUT2D eigenvalue weighted by Gasteiger charge is 2.04. The molecule has 0 saturated carbocycles. The average molecular weight is 290 g/mol. The number of nitrogens with zero attached hydrogens (tertiary/aromatic N) is 3. The van der Waals surface area contributed by atoms with E-state index in [1.54, 1.807) is 24.3 Å². The van der Waals surface area contributed by atoms with Gasteiger partial charge in [0, 0.05) is 16.8 Å². The second-order valence-electron chi connectivity index (χ2n) is 3.79. The highest BCUT2D eigenvalue weighted by molar-refractivity contribution is 7.03. The lowest BCUT2D eigenvalue weighted by Gasteiger charge is -1.93. The van der Waals surface area contributed by atoms with Crippen molar-refractivity contribution in [3.63, 3.8) is 0 Å². The largest absolute Gasteiger partial charge is 0.279 e. The fourth-order valence-corrected chi connectivity index (χ4v) is 2.47. The van der Waals surface area contributed by atoms with Gasteiger partial charge in [-0.1, -0.05) is 17.7 Å². The maximum atomic E-state index is 11.9. The molecule has 0 unspecified atom stereocenters. The molecule has 2 heterocycles. The van der Waals surface area contributed by atoms with Crippen LogP contribution in [0.5, 0.6) is 0 Å². The summed E-state index contributed by atoms with van der Waals surface area (Å²) in [6.07, 6.45) is 1.87. The van der Waals surface area contributed by atoms with Crippen molar-refractivity contribution in [1.82, 2.24) is 8.77 Å². The maximum absolute atomic E-state index is 11.9. The Morgan fingerprint density at radius 2 is 2.00 bits per heavy atom. The Bertz CT molecular complexity index is 768. The SMILES string of the molecule is O=C(N=c1nc2ccccn2s1)c1ccc(Cl)cc1. The minimum Gasteiger partial charge on any atom is -0.267 e. The number of amides is 1. The molecule has 1 aromatic carbocycles. The first-order valence-electron chi connectivity index (χ1n) is 5.52. The van der Waals surface area contributed by atoms with E-state index in [1.807, 2.05) is 28.2 Å². The van der Waals surface area contributed by atoms with Crippen LogP contribution in [0.4, 0.5) is 0 Å². The van der Waals surface area contributed by atoms with Crippen molar-refractivity contribution < 1.29 is 4.79 Å². The van der Waals surface area contributed by atoms with Crippen molar-refractivity contribution >= 4 is 34.7 Å². The number of pyridine rings is 1. The highest BCUT2D eigenvalue weighted by Crippen LogP contribution is 2.10. The third-order valence-electron chi connectivity index (χ3n) is 2.48. The van der Waals surface area contributed by atoms with E-state index in [4.69, 9.17) is 11.6 Å². The zero-order valence-corrected chi connectivity index (χ0v) is 11.2. The minimum atomic E-state index is -0.323. The lowest BCUT2D eigenvalue weighted by molar-refractivity contribution is 0.0998. The number of aromatic nitrogens is 2. The highest BCUT2D eigenvalue weighted by atomic mass is 35.5. The number of rotatable bonds is 1. The lowest BCUT2D eigenvalue weighted by Crippen LogP contribution is -2.04. The van der Waals surface area contributed by atoms with Gasteiger partial charge in [-0.3, -0.25) is 8.58 Å².